The summed E-state index contributed by atoms with van der Waals surface area (Å²) in [6.07, 6.45) is 0. The summed E-state index contributed by atoms with van der Waals surface area (Å²) >= 11 is 0. The van der Waals surface area contributed by atoms with Crippen LogP contribution in [0.1, 0.15) is 2.85 Å². The molecule has 0 rings (SSSR count). The minimum Gasteiger partial charge on any atom is -1.00 e. The fraction of sp³-hybridized carbons (Fsp3) is 0.500. The van der Waals surface area contributed by atoms with E-state index in [2.05, 4.69) is 5.73 Å². The van der Waals surface area contributed by atoms with Crippen LogP contribution in [0.2, 0.25) is 0 Å². The van der Waals surface area contributed by atoms with E-state index in [-0.39, 0.29) is 80.9 Å². The van der Waals surface area contributed by atoms with Crippen molar-refractivity contribution in [1.82, 2.24) is 0 Å². The van der Waals surface area contributed by atoms with Crippen molar-refractivity contribution in [2.24, 2.45) is 5.73 Å². The standard InChI is InChI=1S/C2H5NO2.ClH.2Na.2H/c3-1-2(4)5;;;;;/h1,3H2,(H,4,5);1H;;;;/q;;2*+1;2*-1. The van der Waals surface area contributed by atoms with Gasteiger partial charge in [-0.1, -0.05) is 0 Å². The molecule has 0 amide bonds. The Labute approximate surface area is 101 Å². The van der Waals surface area contributed by atoms with Crippen LogP contribution in [0.25, 0.3) is 0 Å². The summed E-state index contributed by atoms with van der Waals surface area (Å²) in [4.78, 5) is 9.24. The van der Waals surface area contributed by atoms with Gasteiger partial charge >= 0.3 is 65.1 Å². The van der Waals surface area contributed by atoms with Gasteiger partial charge in [-0.25, -0.2) is 0 Å². The van der Waals surface area contributed by atoms with Gasteiger partial charge in [0.25, 0.3) is 0 Å². The fourth-order valence-corrected chi connectivity index (χ4v) is 0. The Morgan fingerprint density at radius 1 is 1.62 bits per heavy atom. The molecule has 42 valence electrons. The van der Waals surface area contributed by atoms with Crippen LogP contribution in [0, 0.1) is 0 Å². The van der Waals surface area contributed by atoms with E-state index in [1.807, 2.05) is 0 Å². The third kappa shape index (κ3) is 25.2. The number of aliphatic carboxylic acids is 1. The van der Waals surface area contributed by atoms with E-state index < -0.39 is 5.97 Å². The second-order valence-electron chi connectivity index (χ2n) is 0.598. The van der Waals surface area contributed by atoms with Gasteiger partial charge in [-0.15, -0.1) is 12.4 Å². The Balaban J connectivity index is -0.00000000800. The maximum atomic E-state index is 9.24. The third-order valence-electron chi connectivity index (χ3n) is 0.175. The molecule has 6 heteroatoms. The molecule has 3 N–H and O–H groups in total. The van der Waals surface area contributed by atoms with Gasteiger partial charge in [0.2, 0.25) is 0 Å². The molecular formula is C2H8ClNNa2O2. The largest absolute Gasteiger partial charge is 1.00 e. The van der Waals surface area contributed by atoms with Crippen molar-refractivity contribution in [3.05, 3.63) is 0 Å². The molecule has 3 nitrogen and oxygen atoms in total. The van der Waals surface area contributed by atoms with E-state index in [0.29, 0.717) is 0 Å². The minimum atomic E-state index is -0.968. The molecule has 0 aromatic heterocycles. The predicted molar refractivity (Wildman–Crippen MR) is 26.2 cm³/mol. The molecule has 0 saturated carbocycles. The molecule has 0 aliphatic heterocycles. The van der Waals surface area contributed by atoms with Gasteiger partial charge in [-0.2, -0.15) is 0 Å². The van der Waals surface area contributed by atoms with Gasteiger partial charge in [0.1, 0.15) is 0 Å². The smallest absolute Gasteiger partial charge is 1.00 e. The van der Waals surface area contributed by atoms with Crippen molar-refractivity contribution in [1.29, 1.82) is 0 Å². The zero-order valence-electron chi connectivity index (χ0n) is 7.05. The number of hydrogen-bond donors (Lipinski definition) is 2. The van der Waals surface area contributed by atoms with Gasteiger partial charge in [0.05, 0.1) is 6.54 Å². The first kappa shape index (κ1) is 22.6. The molecule has 8 heavy (non-hydrogen) atoms. The number of carbonyl (C=O) groups is 1. The van der Waals surface area contributed by atoms with Gasteiger partial charge in [0, 0.05) is 0 Å². The molecule has 0 aliphatic carbocycles. The summed E-state index contributed by atoms with van der Waals surface area (Å²) < 4.78 is 0. The molecule has 0 fully saturated rings. The van der Waals surface area contributed by atoms with E-state index in [1.165, 1.54) is 0 Å². The minimum absolute atomic E-state index is 0. The van der Waals surface area contributed by atoms with Crippen LogP contribution in [0.3, 0.4) is 0 Å². The van der Waals surface area contributed by atoms with E-state index in [9.17, 15) is 4.79 Å². The zero-order valence-corrected chi connectivity index (χ0v) is 9.86. The van der Waals surface area contributed by atoms with Gasteiger partial charge in [-0.05, 0) is 0 Å². The Morgan fingerprint density at radius 3 is 1.75 bits per heavy atom. The second kappa shape index (κ2) is 15.9. The molecule has 0 heterocycles. The summed E-state index contributed by atoms with van der Waals surface area (Å²) in [5.74, 6) is -0.968. The van der Waals surface area contributed by atoms with Crippen molar-refractivity contribution in [2.75, 3.05) is 6.54 Å². The van der Waals surface area contributed by atoms with E-state index in [4.69, 9.17) is 5.11 Å². The number of hydrogen-bond acceptors (Lipinski definition) is 2. The maximum absolute atomic E-state index is 9.24. The number of carboxylic acids is 1. The molecular weight excluding hydrogens is 151 g/mol. The van der Waals surface area contributed by atoms with Crippen LogP contribution in [0.4, 0.5) is 0 Å². The molecule has 0 atom stereocenters. The number of rotatable bonds is 1. The first-order valence-electron chi connectivity index (χ1n) is 1.19. The average molecular weight is 160 g/mol. The Morgan fingerprint density at radius 2 is 1.75 bits per heavy atom. The van der Waals surface area contributed by atoms with Crippen molar-refractivity contribution >= 4 is 18.4 Å². The number of carboxylic acid groups (broad SMARTS) is 1. The third-order valence-corrected chi connectivity index (χ3v) is 0.175. The number of halogens is 1. The van der Waals surface area contributed by atoms with E-state index in [1.54, 1.807) is 0 Å². The summed E-state index contributed by atoms with van der Waals surface area (Å²) in [6.45, 7) is -0.278. The van der Waals surface area contributed by atoms with Crippen LogP contribution in [-0.2, 0) is 4.79 Å². The SMILES string of the molecule is Cl.NCC(=O)O.[H-].[H-].[Na+].[Na+]. The maximum Gasteiger partial charge on any atom is 1.00 e. The molecule has 0 unspecified atom stereocenters. The summed E-state index contributed by atoms with van der Waals surface area (Å²) in [7, 11) is 0. The van der Waals surface area contributed by atoms with Crippen LogP contribution < -0.4 is 64.8 Å². The fourth-order valence-electron chi connectivity index (χ4n) is 0. The quantitative estimate of drug-likeness (QED) is 0.374. The number of nitrogens with two attached hydrogens (primary N) is 1. The normalized spacial score (nSPS) is 4.62. The summed E-state index contributed by atoms with van der Waals surface area (Å²) in [6, 6.07) is 0. The molecule has 0 aromatic rings. The monoisotopic (exact) mass is 159 g/mol. The summed E-state index contributed by atoms with van der Waals surface area (Å²) in [5.41, 5.74) is 4.57. The average Bonchev–Trinajstić information content (AvgIpc) is 1.38. The first-order valence-corrected chi connectivity index (χ1v) is 1.19. The zero-order chi connectivity index (χ0) is 4.28. The van der Waals surface area contributed by atoms with Crippen LogP contribution in [0.5, 0.6) is 0 Å². The van der Waals surface area contributed by atoms with Crippen molar-refractivity contribution < 1.29 is 71.9 Å². The van der Waals surface area contributed by atoms with Gasteiger partial charge in [0.15, 0.2) is 0 Å². The van der Waals surface area contributed by atoms with Crippen molar-refractivity contribution in [2.45, 2.75) is 0 Å². The Hall–Kier alpha value is 1.72. The Kier molecular flexibility index (Phi) is 44.9. The summed E-state index contributed by atoms with van der Waals surface area (Å²) in [5, 5.41) is 7.60. The van der Waals surface area contributed by atoms with E-state index in [0.717, 1.165) is 0 Å². The van der Waals surface area contributed by atoms with Crippen LogP contribution in [0.15, 0.2) is 0 Å². The van der Waals surface area contributed by atoms with Gasteiger partial charge in [-0.3, -0.25) is 4.79 Å². The molecule has 0 spiro atoms. The molecule has 0 bridgehead atoms. The van der Waals surface area contributed by atoms with Crippen molar-refractivity contribution in [3.8, 4) is 0 Å². The molecule has 0 aliphatic rings. The molecule has 0 saturated heterocycles. The van der Waals surface area contributed by atoms with E-state index >= 15 is 0 Å². The first-order chi connectivity index (χ1) is 2.27. The topological polar surface area (TPSA) is 63.3 Å². The Bertz CT molecular complexity index is 60.5. The van der Waals surface area contributed by atoms with Crippen LogP contribution >= 0.6 is 12.4 Å². The second-order valence-corrected chi connectivity index (χ2v) is 0.598. The van der Waals surface area contributed by atoms with Gasteiger partial charge < -0.3 is 13.7 Å². The van der Waals surface area contributed by atoms with Crippen molar-refractivity contribution in [3.63, 3.8) is 0 Å². The molecule has 0 radical (unpaired) electrons. The van der Waals surface area contributed by atoms with Crippen LogP contribution in [-0.4, -0.2) is 17.6 Å². The predicted octanol–water partition coefficient (Wildman–Crippen LogP) is -6.32. The molecule has 0 aromatic carbocycles.